The van der Waals surface area contributed by atoms with Crippen molar-refractivity contribution in [3.05, 3.63) is 35.2 Å². The minimum atomic E-state index is 0.0476. The van der Waals surface area contributed by atoms with Crippen molar-refractivity contribution in [1.82, 2.24) is 15.0 Å². The second kappa shape index (κ2) is 6.71. The molecule has 0 N–H and O–H groups in total. The van der Waals surface area contributed by atoms with E-state index in [0.29, 0.717) is 16.7 Å². The van der Waals surface area contributed by atoms with Gasteiger partial charge in [0.2, 0.25) is 17.6 Å². The summed E-state index contributed by atoms with van der Waals surface area (Å²) in [6.07, 6.45) is 1.72. The lowest BCUT2D eigenvalue weighted by molar-refractivity contribution is -0.135. The largest absolute Gasteiger partial charge is 0.342 e. The number of likely N-dealkylation sites (tertiary alicyclic amines) is 1. The van der Waals surface area contributed by atoms with E-state index >= 15 is 0 Å². The Labute approximate surface area is 140 Å². The summed E-state index contributed by atoms with van der Waals surface area (Å²) in [5.74, 6) is 1.73. The first-order valence-electron chi connectivity index (χ1n) is 7.93. The number of hydrogen-bond donors (Lipinski definition) is 0. The fourth-order valence-corrected chi connectivity index (χ4v) is 2.96. The van der Waals surface area contributed by atoms with Crippen LogP contribution in [0, 0.1) is 5.92 Å². The number of amides is 1. The van der Waals surface area contributed by atoms with Gasteiger partial charge in [-0.2, -0.15) is 4.98 Å². The zero-order valence-electron chi connectivity index (χ0n) is 13.3. The van der Waals surface area contributed by atoms with E-state index in [1.165, 1.54) is 0 Å². The van der Waals surface area contributed by atoms with Crippen LogP contribution in [0.5, 0.6) is 0 Å². The van der Waals surface area contributed by atoms with E-state index in [1.54, 1.807) is 0 Å². The van der Waals surface area contributed by atoms with Crippen molar-refractivity contribution in [2.45, 2.75) is 32.6 Å². The summed E-state index contributed by atoms with van der Waals surface area (Å²) in [7, 11) is 0. The third-order valence-electron chi connectivity index (χ3n) is 4.19. The summed E-state index contributed by atoms with van der Waals surface area (Å²) in [5, 5.41) is 4.74. The summed E-state index contributed by atoms with van der Waals surface area (Å²) >= 11 is 5.89. The van der Waals surface area contributed by atoms with E-state index < -0.39 is 0 Å². The highest BCUT2D eigenvalue weighted by Gasteiger charge is 2.28. The van der Waals surface area contributed by atoms with Crippen LogP contribution in [0.3, 0.4) is 0 Å². The number of nitrogens with zero attached hydrogens (tertiary/aromatic N) is 3. The zero-order chi connectivity index (χ0) is 16.4. The molecule has 0 aliphatic carbocycles. The molecular weight excluding hydrogens is 314 g/mol. The Bertz CT molecular complexity index is 673. The minimum absolute atomic E-state index is 0.0476. The average Bonchev–Trinajstić information content (AvgIpc) is 3.05. The molecule has 2 heterocycles. The van der Waals surface area contributed by atoms with Gasteiger partial charge in [-0.25, -0.2) is 0 Å². The Morgan fingerprint density at radius 3 is 2.52 bits per heavy atom. The molecule has 3 rings (SSSR count). The van der Waals surface area contributed by atoms with Crippen molar-refractivity contribution in [1.29, 1.82) is 0 Å². The first-order chi connectivity index (χ1) is 11.0. The first-order valence-corrected chi connectivity index (χ1v) is 8.30. The number of carbonyl (C=O) groups excluding carboxylic acids is 1. The van der Waals surface area contributed by atoms with Crippen LogP contribution in [0.2, 0.25) is 5.02 Å². The van der Waals surface area contributed by atoms with E-state index in [4.69, 9.17) is 16.1 Å². The van der Waals surface area contributed by atoms with Crippen molar-refractivity contribution in [2.24, 2.45) is 5.92 Å². The molecule has 0 radical (unpaired) electrons. The molecule has 5 nitrogen and oxygen atoms in total. The van der Waals surface area contributed by atoms with E-state index in [2.05, 4.69) is 10.1 Å². The predicted octanol–water partition coefficient (Wildman–Crippen LogP) is 3.75. The first kappa shape index (κ1) is 16.0. The van der Waals surface area contributed by atoms with Gasteiger partial charge in [0.25, 0.3) is 0 Å². The normalized spacial score (nSPS) is 16.1. The topological polar surface area (TPSA) is 59.2 Å². The van der Waals surface area contributed by atoms with Crippen LogP contribution in [0.4, 0.5) is 0 Å². The molecule has 2 aromatic rings. The Kier molecular flexibility index (Phi) is 4.66. The molecule has 1 aliphatic heterocycles. The lowest BCUT2D eigenvalue weighted by atomic mass is 9.96. The fourth-order valence-electron chi connectivity index (χ4n) is 2.83. The van der Waals surface area contributed by atoms with E-state index in [9.17, 15) is 4.79 Å². The summed E-state index contributed by atoms with van der Waals surface area (Å²) < 4.78 is 5.43. The van der Waals surface area contributed by atoms with Gasteiger partial charge < -0.3 is 9.42 Å². The number of benzene rings is 1. The molecule has 0 bridgehead atoms. The van der Waals surface area contributed by atoms with Crippen molar-refractivity contribution in [2.75, 3.05) is 13.1 Å². The maximum atomic E-state index is 12.0. The van der Waals surface area contributed by atoms with Crippen molar-refractivity contribution < 1.29 is 9.32 Å². The molecular formula is C17H20ClN3O2. The molecule has 1 amide bonds. The van der Waals surface area contributed by atoms with Gasteiger partial charge in [0.05, 0.1) is 0 Å². The third kappa shape index (κ3) is 3.55. The van der Waals surface area contributed by atoms with Crippen molar-refractivity contribution in [3.8, 4) is 11.4 Å². The summed E-state index contributed by atoms with van der Waals surface area (Å²) in [5.41, 5.74) is 0.886. The van der Waals surface area contributed by atoms with Gasteiger partial charge in [-0.05, 0) is 37.1 Å². The molecule has 23 heavy (non-hydrogen) atoms. The zero-order valence-corrected chi connectivity index (χ0v) is 14.1. The summed E-state index contributed by atoms with van der Waals surface area (Å²) in [6, 6.07) is 7.37. The van der Waals surface area contributed by atoms with Crippen molar-refractivity contribution >= 4 is 17.5 Å². The van der Waals surface area contributed by atoms with E-state index in [0.717, 1.165) is 31.5 Å². The molecule has 122 valence electrons. The molecule has 0 spiro atoms. The van der Waals surface area contributed by atoms with Gasteiger partial charge in [-0.15, -0.1) is 0 Å². The fraction of sp³-hybridized carbons (Fsp3) is 0.471. The number of carbonyl (C=O) groups is 1. The van der Waals surface area contributed by atoms with Crippen molar-refractivity contribution in [3.63, 3.8) is 0 Å². The van der Waals surface area contributed by atoms with Gasteiger partial charge in [0, 0.05) is 35.5 Å². The molecule has 1 aromatic heterocycles. The highest BCUT2D eigenvalue weighted by Crippen LogP contribution is 2.29. The van der Waals surface area contributed by atoms with Crippen LogP contribution in [-0.4, -0.2) is 34.0 Å². The Morgan fingerprint density at radius 2 is 1.91 bits per heavy atom. The molecule has 6 heteroatoms. The van der Waals surface area contributed by atoms with E-state index in [-0.39, 0.29) is 17.7 Å². The second-order valence-corrected chi connectivity index (χ2v) is 6.65. The van der Waals surface area contributed by atoms with Gasteiger partial charge in [-0.3, -0.25) is 4.79 Å². The van der Waals surface area contributed by atoms with Gasteiger partial charge in [0.15, 0.2) is 0 Å². The standard InChI is InChI=1S/C17H20ClN3O2/c1-11(2)17(22)21-9-7-13(8-10-21)16-19-15(20-23-16)12-3-5-14(18)6-4-12/h3-6,11,13H,7-10H2,1-2H3. The summed E-state index contributed by atoms with van der Waals surface area (Å²) in [4.78, 5) is 18.5. The smallest absolute Gasteiger partial charge is 0.230 e. The number of hydrogen-bond acceptors (Lipinski definition) is 4. The van der Waals surface area contributed by atoms with Crippen LogP contribution in [0.1, 0.15) is 38.5 Å². The van der Waals surface area contributed by atoms with Crippen LogP contribution in [0.25, 0.3) is 11.4 Å². The van der Waals surface area contributed by atoms with Gasteiger partial charge in [0.1, 0.15) is 0 Å². The quantitative estimate of drug-likeness (QED) is 0.858. The lowest BCUT2D eigenvalue weighted by Crippen LogP contribution is -2.40. The number of piperidine rings is 1. The average molecular weight is 334 g/mol. The maximum Gasteiger partial charge on any atom is 0.230 e. The highest BCUT2D eigenvalue weighted by atomic mass is 35.5. The molecule has 0 atom stereocenters. The molecule has 0 saturated carbocycles. The second-order valence-electron chi connectivity index (χ2n) is 6.22. The number of aromatic nitrogens is 2. The van der Waals surface area contributed by atoms with Gasteiger partial charge >= 0.3 is 0 Å². The molecule has 0 unspecified atom stereocenters. The maximum absolute atomic E-state index is 12.0. The van der Waals surface area contributed by atoms with E-state index in [1.807, 2.05) is 43.0 Å². The van der Waals surface area contributed by atoms with Crippen LogP contribution in [0.15, 0.2) is 28.8 Å². The lowest BCUT2D eigenvalue weighted by Gasteiger charge is -2.31. The predicted molar refractivity (Wildman–Crippen MR) is 88.1 cm³/mol. The Hall–Kier alpha value is -1.88. The SMILES string of the molecule is CC(C)C(=O)N1CCC(c2nc(-c3ccc(Cl)cc3)no2)CC1. The van der Waals surface area contributed by atoms with Crippen LogP contribution < -0.4 is 0 Å². The number of rotatable bonds is 3. The Balaban J connectivity index is 1.66. The minimum Gasteiger partial charge on any atom is -0.342 e. The van der Waals surface area contributed by atoms with Crippen LogP contribution >= 0.6 is 11.6 Å². The van der Waals surface area contributed by atoms with Gasteiger partial charge in [-0.1, -0.05) is 30.6 Å². The molecule has 1 aliphatic rings. The monoisotopic (exact) mass is 333 g/mol. The molecule has 1 saturated heterocycles. The molecule has 1 aromatic carbocycles. The third-order valence-corrected chi connectivity index (χ3v) is 4.45. The summed E-state index contributed by atoms with van der Waals surface area (Å²) in [6.45, 7) is 5.37. The van der Waals surface area contributed by atoms with Crippen LogP contribution in [-0.2, 0) is 4.79 Å². The molecule has 1 fully saturated rings. The number of halogens is 1. The Morgan fingerprint density at radius 1 is 1.26 bits per heavy atom. The highest BCUT2D eigenvalue weighted by molar-refractivity contribution is 6.30.